The van der Waals surface area contributed by atoms with E-state index in [1.54, 1.807) is 6.08 Å². The van der Waals surface area contributed by atoms with Crippen LogP contribution in [-0.4, -0.2) is 13.2 Å². The Morgan fingerprint density at radius 2 is 2.00 bits per heavy atom. The molecule has 4 heteroatoms. The van der Waals surface area contributed by atoms with Gasteiger partial charge in [-0.1, -0.05) is 13.0 Å². The van der Waals surface area contributed by atoms with E-state index < -0.39 is 11.6 Å². The van der Waals surface area contributed by atoms with Gasteiger partial charge in [0.25, 0.3) is 0 Å². The van der Waals surface area contributed by atoms with Crippen LogP contribution in [0.5, 0.6) is 5.75 Å². The summed E-state index contributed by atoms with van der Waals surface area (Å²) in [5.41, 5.74) is 0.585. The number of ether oxygens (including phenoxy) is 1. The molecule has 0 atom stereocenters. The van der Waals surface area contributed by atoms with Gasteiger partial charge in [-0.15, -0.1) is 6.58 Å². The minimum Gasteiger partial charge on any atom is -0.488 e. The van der Waals surface area contributed by atoms with Crippen molar-refractivity contribution in [2.24, 2.45) is 0 Å². The summed E-state index contributed by atoms with van der Waals surface area (Å²) in [6, 6.07) is 2.63. The number of unbranched alkanes of at least 4 members (excludes halogenated alkanes) is 1. The van der Waals surface area contributed by atoms with E-state index in [1.165, 1.54) is 12.1 Å². The number of halogens is 2. The molecule has 0 radical (unpaired) electrons. The maximum absolute atomic E-state index is 13.7. The zero-order chi connectivity index (χ0) is 14.1. The minimum atomic E-state index is -0.646. The molecule has 19 heavy (non-hydrogen) atoms. The Labute approximate surface area is 113 Å². The molecule has 1 N–H and O–H groups in total. The quantitative estimate of drug-likeness (QED) is 0.543. The normalized spacial score (nSPS) is 10.5. The van der Waals surface area contributed by atoms with E-state index in [0.717, 1.165) is 19.4 Å². The van der Waals surface area contributed by atoms with Gasteiger partial charge in [0.1, 0.15) is 0 Å². The lowest BCUT2D eigenvalue weighted by Crippen LogP contribution is -2.14. The molecule has 0 aliphatic rings. The average molecular weight is 269 g/mol. The Bertz CT molecular complexity index is 384. The summed E-state index contributed by atoms with van der Waals surface area (Å²) in [7, 11) is 0. The molecule has 0 aliphatic heterocycles. The van der Waals surface area contributed by atoms with Crippen molar-refractivity contribution in [3.05, 3.63) is 42.0 Å². The first kappa shape index (κ1) is 15.6. The van der Waals surface area contributed by atoms with Gasteiger partial charge in [0, 0.05) is 6.54 Å². The van der Waals surface area contributed by atoms with E-state index in [-0.39, 0.29) is 12.4 Å². The third kappa shape index (κ3) is 5.39. The summed E-state index contributed by atoms with van der Waals surface area (Å²) < 4.78 is 32.6. The number of nitrogens with one attached hydrogen (secondary N) is 1. The molecule has 0 spiro atoms. The lowest BCUT2D eigenvalue weighted by molar-refractivity contribution is 0.280. The second-order valence-corrected chi connectivity index (χ2v) is 4.34. The first-order valence-corrected chi connectivity index (χ1v) is 6.61. The largest absolute Gasteiger partial charge is 0.488 e. The van der Waals surface area contributed by atoms with Crippen LogP contribution >= 0.6 is 0 Å². The molecule has 0 heterocycles. The van der Waals surface area contributed by atoms with Crippen molar-refractivity contribution in [2.45, 2.75) is 32.7 Å². The van der Waals surface area contributed by atoms with Crippen molar-refractivity contribution in [3.63, 3.8) is 0 Å². The highest BCUT2D eigenvalue weighted by Crippen LogP contribution is 2.23. The van der Waals surface area contributed by atoms with Crippen molar-refractivity contribution in [1.82, 2.24) is 5.32 Å². The monoisotopic (exact) mass is 269 g/mol. The number of benzene rings is 1. The summed E-state index contributed by atoms with van der Waals surface area (Å²) in [5.74, 6) is -1.58. The minimum absolute atomic E-state index is 0.285. The maximum atomic E-state index is 13.7. The first-order valence-electron chi connectivity index (χ1n) is 6.61. The molecule has 2 nitrogen and oxygen atoms in total. The van der Waals surface area contributed by atoms with E-state index in [1.807, 2.05) is 6.92 Å². The van der Waals surface area contributed by atoms with Crippen LogP contribution in [0.15, 0.2) is 24.8 Å². The van der Waals surface area contributed by atoms with Crippen molar-refractivity contribution in [2.75, 3.05) is 13.2 Å². The molecule has 1 aromatic carbocycles. The van der Waals surface area contributed by atoms with E-state index in [2.05, 4.69) is 11.9 Å². The van der Waals surface area contributed by atoms with Gasteiger partial charge in [0.05, 0.1) is 6.61 Å². The van der Waals surface area contributed by atoms with E-state index in [9.17, 15) is 8.78 Å². The fourth-order valence-electron chi connectivity index (χ4n) is 1.66. The highest BCUT2D eigenvalue weighted by Gasteiger charge is 2.12. The zero-order valence-electron chi connectivity index (χ0n) is 11.3. The fourth-order valence-corrected chi connectivity index (χ4v) is 1.66. The molecular formula is C15H21F2NO. The fraction of sp³-hybridized carbons (Fsp3) is 0.467. The van der Waals surface area contributed by atoms with Crippen LogP contribution in [0.2, 0.25) is 0 Å². The third-order valence-corrected chi connectivity index (χ3v) is 2.61. The van der Waals surface area contributed by atoms with Gasteiger partial charge in [-0.3, -0.25) is 0 Å². The van der Waals surface area contributed by atoms with Crippen LogP contribution in [0, 0.1) is 11.6 Å². The first-order chi connectivity index (χ1) is 9.19. The smallest absolute Gasteiger partial charge is 0.190 e. The summed E-state index contributed by atoms with van der Waals surface area (Å²) in [4.78, 5) is 0. The van der Waals surface area contributed by atoms with Gasteiger partial charge < -0.3 is 10.1 Å². The van der Waals surface area contributed by atoms with Crippen molar-refractivity contribution in [1.29, 1.82) is 0 Å². The molecule has 0 bridgehead atoms. The average Bonchev–Trinajstić information content (AvgIpc) is 2.37. The topological polar surface area (TPSA) is 21.3 Å². The number of hydrogen-bond donors (Lipinski definition) is 1. The van der Waals surface area contributed by atoms with Crippen molar-refractivity contribution < 1.29 is 13.5 Å². The van der Waals surface area contributed by atoms with E-state index >= 15 is 0 Å². The summed E-state index contributed by atoms with van der Waals surface area (Å²) in [6.07, 6.45) is 4.19. The Balaban J connectivity index is 2.60. The molecule has 106 valence electrons. The number of rotatable bonds is 9. The summed E-state index contributed by atoms with van der Waals surface area (Å²) in [5, 5.41) is 3.10. The van der Waals surface area contributed by atoms with Crippen molar-refractivity contribution >= 4 is 0 Å². The SMILES string of the molecule is C=CCCCOc1c(F)cc(CNCCC)cc1F. The molecule has 1 aromatic rings. The van der Waals surface area contributed by atoms with Gasteiger partial charge in [-0.2, -0.15) is 0 Å². The molecule has 0 fully saturated rings. The van der Waals surface area contributed by atoms with Crippen LogP contribution in [0.1, 0.15) is 31.7 Å². The molecular weight excluding hydrogens is 248 g/mol. The third-order valence-electron chi connectivity index (χ3n) is 2.61. The van der Waals surface area contributed by atoms with Gasteiger partial charge in [-0.25, -0.2) is 8.78 Å². The second kappa shape index (κ2) is 8.64. The van der Waals surface area contributed by atoms with Crippen LogP contribution in [0.3, 0.4) is 0 Å². The van der Waals surface area contributed by atoms with Crippen LogP contribution in [0.4, 0.5) is 8.78 Å². The molecule has 0 saturated heterocycles. The van der Waals surface area contributed by atoms with E-state index in [0.29, 0.717) is 18.5 Å². The predicted molar refractivity (Wildman–Crippen MR) is 73.3 cm³/mol. The molecule has 0 aromatic heterocycles. The Morgan fingerprint density at radius 1 is 1.32 bits per heavy atom. The lowest BCUT2D eigenvalue weighted by Gasteiger charge is -2.10. The molecule has 0 aliphatic carbocycles. The van der Waals surface area contributed by atoms with Gasteiger partial charge in [0.2, 0.25) is 0 Å². The molecule has 0 amide bonds. The van der Waals surface area contributed by atoms with Crippen LogP contribution in [0.25, 0.3) is 0 Å². The van der Waals surface area contributed by atoms with Crippen LogP contribution < -0.4 is 10.1 Å². The summed E-state index contributed by atoms with van der Waals surface area (Å²) in [6.45, 7) is 7.18. The standard InChI is InChI=1S/C15H21F2NO/c1-3-5-6-8-19-15-13(16)9-12(10-14(15)17)11-18-7-4-2/h3,9-10,18H,1,4-8,11H2,2H3. The Morgan fingerprint density at radius 3 is 2.58 bits per heavy atom. The lowest BCUT2D eigenvalue weighted by atomic mass is 10.2. The highest BCUT2D eigenvalue weighted by molar-refractivity contribution is 5.31. The van der Waals surface area contributed by atoms with Gasteiger partial charge >= 0.3 is 0 Å². The molecule has 1 rings (SSSR count). The Hall–Kier alpha value is -1.42. The van der Waals surface area contributed by atoms with Crippen molar-refractivity contribution in [3.8, 4) is 5.75 Å². The van der Waals surface area contributed by atoms with E-state index in [4.69, 9.17) is 4.74 Å². The van der Waals surface area contributed by atoms with Gasteiger partial charge in [-0.05, 0) is 43.5 Å². The number of allylic oxidation sites excluding steroid dienone is 1. The molecule has 0 unspecified atom stereocenters. The zero-order valence-corrected chi connectivity index (χ0v) is 11.3. The molecule has 0 saturated carbocycles. The predicted octanol–water partition coefficient (Wildman–Crippen LogP) is 3.81. The van der Waals surface area contributed by atoms with Crippen LogP contribution in [-0.2, 0) is 6.54 Å². The van der Waals surface area contributed by atoms with Gasteiger partial charge in [0.15, 0.2) is 17.4 Å². The number of hydrogen-bond acceptors (Lipinski definition) is 2. The highest BCUT2D eigenvalue weighted by atomic mass is 19.1. The summed E-state index contributed by atoms with van der Waals surface area (Å²) >= 11 is 0. The maximum Gasteiger partial charge on any atom is 0.190 e. The Kier molecular flexibility index (Phi) is 7.11. The second-order valence-electron chi connectivity index (χ2n) is 4.34.